The molecule has 2 N–H and O–H groups in total. The monoisotopic (exact) mass is 280 g/mol. The fourth-order valence-corrected chi connectivity index (χ4v) is 2.98. The predicted octanol–water partition coefficient (Wildman–Crippen LogP) is 2.22. The SMILES string of the molecule is CCc1onc(C)c1C(=O)NC1CCCCCC1CO. The molecular formula is C15H24N2O3. The highest BCUT2D eigenvalue weighted by atomic mass is 16.5. The highest BCUT2D eigenvalue weighted by molar-refractivity contribution is 5.96. The summed E-state index contributed by atoms with van der Waals surface area (Å²) in [5.74, 6) is 0.673. The average molecular weight is 280 g/mol. The zero-order valence-electron chi connectivity index (χ0n) is 12.3. The van der Waals surface area contributed by atoms with Gasteiger partial charge in [0.1, 0.15) is 11.3 Å². The van der Waals surface area contributed by atoms with Gasteiger partial charge in [-0.3, -0.25) is 4.79 Å². The molecule has 1 fully saturated rings. The number of aromatic nitrogens is 1. The molecule has 2 rings (SSSR count). The summed E-state index contributed by atoms with van der Waals surface area (Å²) in [5.41, 5.74) is 1.20. The lowest BCUT2D eigenvalue weighted by Gasteiger charge is -2.24. The molecule has 0 aliphatic heterocycles. The van der Waals surface area contributed by atoms with E-state index < -0.39 is 0 Å². The Kier molecular flexibility index (Phi) is 5.17. The van der Waals surface area contributed by atoms with Crippen LogP contribution in [0.25, 0.3) is 0 Å². The Balaban J connectivity index is 2.11. The number of rotatable bonds is 4. The molecule has 20 heavy (non-hydrogen) atoms. The molecule has 1 aliphatic carbocycles. The second kappa shape index (κ2) is 6.88. The van der Waals surface area contributed by atoms with Gasteiger partial charge in [-0.15, -0.1) is 0 Å². The van der Waals surface area contributed by atoms with Crippen LogP contribution in [0.4, 0.5) is 0 Å². The minimum absolute atomic E-state index is 0.0500. The molecule has 5 nitrogen and oxygen atoms in total. The summed E-state index contributed by atoms with van der Waals surface area (Å²) >= 11 is 0. The van der Waals surface area contributed by atoms with Crippen molar-refractivity contribution in [3.8, 4) is 0 Å². The smallest absolute Gasteiger partial charge is 0.257 e. The van der Waals surface area contributed by atoms with Crippen molar-refractivity contribution in [1.29, 1.82) is 0 Å². The molecule has 0 radical (unpaired) electrons. The van der Waals surface area contributed by atoms with E-state index in [-0.39, 0.29) is 24.5 Å². The molecule has 2 unspecified atom stereocenters. The van der Waals surface area contributed by atoms with Crippen molar-refractivity contribution in [2.45, 2.75) is 58.4 Å². The lowest BCUT2D eigenvalue weighted by molar-refractivity contribution is 0.0897. The Morgan fingerprint density at radius 2 is 2.15 bits per heavy atom. The molecular weight excluding hydrogens is 256 g/mol. The normalized spacial score (nSPS) is 23.4. The van der Waals surface area contributed by atoms with Gasteiger partial charge < -0.3 is 14.9 Å². The summed E-state index contributed by atoms with van der Waals surface area (Å²) in [6.07, 6.45) is 5.97. The topological polar surface area (TPSA) is 75.4 Å². The minimum atomic E-state index is -0.119. The lowest BCUT2D eigenvalue weighted by atomic mass is 9.95. The van der Waals surface area contributed by atoms with Crippen molar-refractivity contribution in [2.24, 2.45) is 5.92 Å². The average Bonchev–Trinajstić information content (AvgIpc) is 2.68. The molecule has 0 spiro atoms. The number of amides is 1. The molecule has 0 aromatic carbocycles. The zero-order chi connectivity index (χ0) is 14.5. The van der Waals surface area contributed by atoms with Crippen molar-refractivity contribution in [3.05, 3.63) is 17.0 Å². The molecule has 0 bridgehead atoms. The fourth-order valence-electron chi connectivity index (χ4n) is 2.98. The van der Waals surface area contributed by atoms with E-state index in [0.717, 1.165) is 25.7 Å². The van der Waals surface area contributed by atoms with Crippen molar-refractivity contribution >= 4 is 5.91 Å². The number of carbonyl (C=O) groups is 1. The molecule has 1 aliphatic rings. The van der Waals surface area contributed by atoms with Crippen LogP contribution < -0.4 is 5.32 Å². The van der Waals surface area contributed by atoms with Gasteiger partial charge in [0.05, 0.1) is 5.69 Å². The molecule has 1 aromatic rings. The molecule has 0 saturated heterocycles. The van der Waals surface area contributed by atoms with E-state index in [1.54, 1.807) is 6.92 Å². The van der Waals surface area contributed by atoms with Gasteiger partial charge in [-0.05, 0) is 19.8 Å². The first-order valence-corrected chi connectivity index (χ1v) is 7.54. The third kappa shape index (κ3) is 3.20. The molecule has 1 aromatic heterocycles. The fraction of sp³-hybridized carbons (Fsp3) is 0.733. The number of aryl methyl sites for hydroxylation is 2. The lowest BCUT2D eigenvalue weighted by Crippen LogP contribution is -2.41. The summed E-state index contributed by atoms with van der Waals surface area (Å²) in [5, 5.41) is 16.5. The molecule has 2 atom stereocenters. The summed E-state index contributed by atoms with van der Waals surface area (Å²) < 4.78 is 5.17. The molecule has 1 amide bonds. The Bertz CT molecular complexity index is 456. The maximum Gasteiger partial charge on any atom is 0.257 e. The minimum Gasteiger partial charge on any atom is -0.396 e. The number of aliphatic hydroxyl groups excluding tert-OH is 1. The highest BCUT2D eigenvalue weighted by Gasteiger charge is 2.27. The van der Waals surface area contributed by atoms with Crippen LogP contribution in [0, 0.1) is 12.8 Å². The summed E-state index contributed by atoms with van der Waals surface area (Å²) in [6, 6.07) is 0.0500. The molecule has 1 saturated carbocycles. The van der Waals surface area contributed by atoms with E-state index in [1.165, 1.54) is 6.42 Å². The summed E-state index contributed by atoms with van der Waals surface area (Å²) in [6.45, 7) is 3.86. The van der Waals surface area contributed by atoms with Crippen molar-refractivity contribution in [2.75, 3.05) is 6.61 Å². The van der Waals surface area contributed by atoms with E-state index in [9.17, 15) is 9.90 Å². The van der Waals surface area contributed by atoms with E-state index in [2.05, 4.69) is 10.5 Å². The van der Waals surface area contributed by atoms with E-state index >= 15 is 0 Å². The van der Waals surface area contributed by atoms with Gasteiger partial charge in [0.25, 0.3) is 5.91 Å². The highest BCUT2D eigenvalue weighted by Crippen LogP contribution is 2.24. The largest absolute Gasteiger partial charge is 0.396 e. The third-order valence-corrected chi connectivity index (χ3v) is 4.19. The number of hydrogen-bond acceptors (Lipinski definition) is 4. The van der Waals surface area contributed by atoms with Gasteiger partial charge in [-0.1, -0.05) is 31.3 Å². The van der Waals surface area contributed by atoms with Crippen LogP contribution in [0.15, 0.2) is 4.52 Å². The number of nitrogens with one attached hydrogen (secondary N) is 1. The maximum absolute atomic E-state index is 12.5. The summed E-state index contributed by atoms with van der Waals surface area (Å²) in [4.78, 5) is 12.5. The van der Waals surface area contributed by atoms with Crippen molar-refractivity contribution in [1.82, 2.24) is 10.5 Å². The van der Waals surface area contributed by atoms with Crippen LogP contribution in [-0.4, -0.2) is 28.8 Å². The standard InChI is InChI=1S/C15H24N2O3/c1-3-13-14(10(2)17-20-13)15(19)16-12-8-6-4-5-7-11(12)9-18/h11-12,18H,3-9H2,1-2H3,(H,16,19). The Morgan fingerprint density at radius 3 is 2.85 bits per heavy atom. The van der Waals surface area contributed by atoms with Crippen LogP contribution in [-0.2, 0) is 6.42 Å². The number of hydrogen-bond donors (Lipinski definition) is 2. The van der Waals surface area contributed by atoms with Gasteiger partial charge in [-0.2, -0.15) is 0 Å². The molecule has 112 valence electrons. The van der Waals surface area contributed by atoms with Gasteiger partial charge in [0, 0.05) is 25.0 Å². The van der Waals surface area contributed by atoms with Gasteiger partial charge in [0.2, 0.25) is 0 Å². The Hall–Kier alpha value is -1.36. The predicted molar refractivity (Wildman–Crippen MR) is 75.5 cm³/mol. The third-order valence-electron chi connectivity index (χ3n) is 4.19. The van der Waals surface area contributed by atoms with Crippen LogP contribution in [0.1, 0.15) is 60.8 Å². The first kappa shape index (κ1) is 15.0. The van der Waals surface area contributed by atoms with Crippen molar-refractivity contribution in [3.63, 3.8) is 0 Å². The number of carbonyl (C=O) groups excluding carboxylic acids is 1. The van der Waals surface area contributed by atoms with Gasteiger partial charge >= 0.3 is 0 Å². The quantitative estimate of drug-likeness (QED) is 0.829. The Morgan fingerprint density at radius 1 is 1.40 bits per heavy atom. The second-order valence-electron chi connectivity index (χ2n) is 5.58. The number of nitrogens with zero attached hydrogens (tertiary/aromatic N) is 1. The molecule has 5 heteroatoms. The molecule has 1 heterocycles. The Labute approximate surface area is 119 Å². The number of aliphatic hydroxyl groups is 1. The first-order valence-electron chi connectivity index (χ1n) is 7.54. The van der Waals surface area contributed by atoms with Crippen LogP contribution in [0.3, 0.4) is 0 Å². The zero-order valence-corrected chi connectivity index (χ0v) is 12.3. The first-order chi connectivity index (χ1) is 9.67. The van der Waals surface area contributed by atoms with E-state index in [4.69, 9.17) is 4.52 Å². The van der Waals surface area contributed by atoms with Gasteiger partial charge in [-0.25, -0.2) is 0 Å². The van der Waals surface area contributed by atoms with Crippen LogP contribution in [0.2, 0.25) is 0 Å². The van der Waals surface area contributed by atoms with Gasteiger partial charge in [0.15, 0.2) is 0 Å². The summed E-state index contributed by atoms with van der Waals surface area (Å²) in [7, 11) is 0. The van der Waals surface area contributed by atoms with E-state index in [1.807, 2.05) is 6.92 Å². The maximum atomic E-state index is 12.5. The van der Waals surface area contributed by atoms with E-state index in [0.29, 0.717) is 23.4 Å². The second-order valence-corrected chi connectivity index (χ2v) is 5.58. The van der Waals surface area contributed by atoms with Crippen molar-refractivity contribution < 1.29 is 14.4 Å². The van der Waals surface area contributed by atoms with Crippen LogP contribution in [0.5, 0.6) is 0 Å². The van der Waals surface area contributed by atoms with Crippen LogP contribution >= 0.6 is 0 Å².